The van der Waals surface area contributed by atoms with Gasteiger partial charge in [0.05, 0.1) is 5.57 Å². The van der Waals surface area contributed by atoms with E-state index >= 15 is 0 Å². The van der Waals surface area contributed by atoms with Crippen LogP contribution in [0.4, 0.5) is 0 Å². The summed E-state index contributed by atoms with van der Waals surface area (Å²) < 4.78 is 1.80. The van der Waals surface area contributed by atoms with E-state index < -0.39 is 0 Å². The molecule has 1 aromatic carbocycles. The second-order valence-electron chi connectivity index (χ2n) is 4.38. The summed E-state index contributed by atoms with van der Waals surface area (Å²) in [6, 6.07) is 13.3. The lowest BCUT2D eigenvalue weighted by atomic mass is 10.1. The second kappa shape index (κ2) is 5.77. The third-order valence-electron chi connectivity index (χ3n) is 3.04. The third kappa shape index (κ3) is 2.71. The van der Waals surface area contributed by atoms with E-state index in [0.717, 1.165) is 10.8 Å². The van der Waals surface area contributed by atoms with Crippen molar-refractivity contribution < 1.29 is 9.36 Å². The van der Waals surface area contributed by atoms with Gasteiger partial charge in [-0.3, -0.25) is 4.79 Å². The molecule has 0 N–H and O–H groups in total. The van der Waals surface area contributed by atoms with Crippen LogP contribution >= 0.6 is 0 Å². The minimum absolute atomic E-state index is 0.127. The van der Waals surface area contributed by atoms with Crippen molar-refractivity contribution in [2.75, 3.05) is 0 Å². The van der Waals surface area contributed by atoms with E-state index in [2.05, 4.69) is 0 Å². The standard InChI is InChI=1S/C16H12N3O/c1-12(20)16(15(8-17)9-18)11-19-7-6-13-4-2-3-5-14(13)10-19/h2-7,10H,11H2,1H3/q+1. The van der Waals surface area contributed by atoms with Gasteiger partial charge in [-0.15, -0.1) is 0 Å². The third-order valence-corrected chi connectivity index (χ3v) is 3.04. The predicted octanol–water partition coefficient (Wildman–Crippen LogP) is 2.06. The molecule has 0 amide bonds. The van der Waals surface area contributed by atoms with Crippen molar-refractivity contribution in [2.24, 2.45) is 0 Å². The quantitative estimate of drug-likeness (QED) is 0.483. The predicted molar refractivity (Wildman–Crippen MR) is 73.1 cm³/mol. The monoisotopic (exact) mass is 262 g/mol. The highest BCUT2D eigenvalue weighted by Gasteiger charge is 2.16. The van der Waals surface area contributed by atoms with Crippen molar-refractivity contribution >= 4 is 16.6 Å². The molecule has 0 aliphatic rings. The molecule has 0 aliphatic heterocycles. The van der Waals surface area contributed by atoms with Gasteiger partial charge in [0.2, 0.25) is 0 Å². The minimum atomic E-state index is -0.260. The number of aromatic nitrogens is 1. The van der Waals surface area contributed by atoms with Crippen molar-refractivity contribution in [3.05, 3.63) is 53.9 Å². The summed E-state index contributed by atoms with van der Waals surface area (Å²) >= 11 is 0. The van der Waals surface area contributed by atoms with Crippen molar-refractivity contribution in [3.8, 4) is 12.1 Å². The van der Waals surface area contributed by atoms with Gasteiger partial charge in [0.25, 0.3) is 0 Å². The van der Waals surface area contributed by atoms with E-state index in [1.807, 2.05) is 42.7 Å². The summed E-state index contributed by atoms with van der Waals surface area (Å²) in [4.78, 5) is 11.6. The summed E-state index contributed by atoms with van der Waals surface area (Å²) in [6.45, 7) is 1.59. The van der Waals surface area contributed by atoms with Crippen LogP contribution in [0.1, 0.15) is 6.92 Å². The van der Waals surface area contributed by atoms with Crippen LogP contribution in [0.2, 0.25) is 0 Å². The van der Waals surface area contributed by atoms with E-state index in [4.69, 9.17) is 10.5 Å². The highest BCUT2D eigenvalue weighted by atomic mass is 16.1. The number of pyridine rings is 1. The lowest BCUT2D eigenvalue weighted by Crippen LogP contribution is -2.35. The zero-order valence-corrected chi connectivity index (χ0v) is 11.0. The van der Waals surface area contributed by atoms with Gasteiger partial charge in [-0.05, 0) is 18.4 Å². The molecule has 4 heteroatoms. The summed E-state index contributed by atoms with van der Waals surface area (Å²) in [5.74, 6) is -0.260. The van der Waals surface area contributed by atoms with Crippen molar-refractivity contribution in [1.82, 2.24) is 0 Å². The molecule has 0 bridgehead atoms. The Kier molecular flexibility index (Phi) is 3.88. The van der Waals surface area contributed by atoms with Crippen molar-refractivity contribution in [1.29, 1.82) is 10.5 Å². The van der Waals surface area contributed by atoms with Crippen LogP contribution in [0, 0.1) is 22.7 Å². The largest absolute Gasteiger partial charge is 0.295 e. The molecule has 2 aromatic rings. The number of ketones is 1. The zero-order valence-electron chi connectivity index (χ0n) is 11.0. The van der Waals surface area contributed by atoms with Crippen LogP contribution in [-0.4, -0.2) is 5.78 Å². The summed E-state index contributed by atoms with van der Waals surface area (Å²) in [5.41, 5.74) is 0.105. The summed E-state index contributed by atoms with van der Waals surface area (Å²) in [6.07, 6.45) is 3.72. The Bertz CT molecular complexity index is 775. The molecule has 20 heavy (non-hydrogen) atoms. The van der Waals surface area contributed by atoms with E-state index in [1.54, 1.807) is 16.7 Å². The zero-order chi connectivity index (χ0) is 14.5. The Hall–Kier alpha value is -2.98. The number of nitrogens with zero attached hydrogens (tertiary/aromatic N) is 3. The number of carbonyl (C=O) groups is 1. The fourth-order valence-electron chi connectivity index (χ4n) is 1.99. The van der Waals surface area contributed by atoms with Crippen LogP contribution < -0.4 is 4.57 Å². The van der Waals surface area contributed by atoms with E-state index in [1.165, 1.54) is 6.92 Å². The van der Waals surface area contributed by atoms with Gasteiger partial charge in [-0.1, -0.05) is 18.2 Å². The number of allylic oxidation sites excluding steroid dienone is 2. The molecule has 0 spiro atoms. The normalized spacial score (nSPS) is 9.55. The molecule has 0 unspecified atom stereocenters. The molecule has 1 aromatic heterocycles. The Morgan fingerprint density at radius 1 is 1.15 bits per heavy atom. The second-order valence-corrected chi connectivity index (χ2v) is 4.38. The number of fused-ring (bicyclic) bond motifs is 1. The average molecular weight is 262 g/mol. The number of hydrogen-bond donors (Lipinski definition) is 0. The molecular weight excluding hydrogens is 250 g/mol. The number of hydrogen-bond acceptors (Lipinski definition) is 3. The number of nitriles is 2. The fourth-order valence-corrected chi connectivity index (χ4v) is 1.99. The highest BCUT2D eigenvalue weighted by molar-refractivity contribution is 5.95. The minimum Gasteiger partial charge on any atom is -0.295 e. The Balaban J connectivity index is 2.45. The Morgan fingerprint density at radius 3 is 2.40 bits per heavy atom. The van der Waals surface area contributed by atoms with E-state index in [9.17, 15) is 4.79 Å². The molecule has 0 fully saturated rings. The van der Waals surface area contributed by atoms with Gasteiger partial charge in [0, 0.05) is 11.5 Å². The van der Waals surface area contributed by atoms with E-state index in [-0.39, 0.29) is 23.5 Å². The Labute approximate surface area is 116 Å². The van der Waals surface area contributed by atoms with Crippen molar-refractivity contribution in [3.63, 3.8) is 0 Å². The van der Waals surface area contributed by atoms with Gasteiger partial charge >= 0.3 is 0 Å². The number of rotatable bonds is 3. The molecule has 0 aliphatic carbocycles. The van der Waals surface area contributed by atoms with Crippen molar-refractivity contribution in [2.45, 2.75) is 13.5 Å². The SMILES string of the molecule is CC(=O)C(C[n+]1ccc2ccccc2c1)=C(C#N)C#N. The molecule has 0 radical (unpaired) electrons. The van der Waals surface area contributed by atoms with Crippen LogP contribution in [-0.2, 0) is 11.3 Å². The van der Waals surface area contributed by atoms with E-state index in [0.29, 0.717) is 0 Å². The molecule has 0 atom stereocenters. The lowest BCUT2D eigenvalue weighted by molar-refractivity contribution is -0.687. The number of carbonyl (C=O) groups excluding carboxylic acids is 1. The average Bonchev–Trinajstić information content (AvgIpc) is 2.47. The first-order valence-electron chi connectivity index (χ1n) is 6.08. The topological polar surface area (TPSA) is 68.5 Å². The molecule has 1 heterocycles. The first kappa shape index (κ1) is 13.5. The number of benzene rings is 1. The van der Waals surface area contributed by atoms with Gasteiger partial charge in [-0.2, -0.15) is 15.1 Å². The molecule has 0 saturated heterocycles. The van der Waals surface area contributed by atoms with Gasteiger partial charge in [0.1, 0.15) is 17.7 Å². The van der Waals surface area contributed by atoms with Gasteiger partial charge in [-0.25, -0.2) is 0 Å². The summed E-state index contributed by atoms with van der Waals surface area (Å²) in [7, 11) is 0. The molecule has 4 nitrogen and oxygen atoms in total. The fraction of sp³-hybridized carbons (Fsp3) is 0.125. The number of Topliss-reactive ketones (excluding diaryl/α,β-unsaturated/α-hetero) is 1. The van der Waals surface area contributed by atoms with Gasteiger partial charge < -0.3 is 0 Å². The highest BCUT2D eigenvalue weighted by Crippen LogP contribution is 2.11. The maximum Gasteiger partial charge on any atom is 0.179 e. The maximum absolute atomic E-state index is 11.6. The smallest absolute Gasteiger partial charge is 0.179 e. The molecule has 0 saturated carbocycles. The van der Waals surface area contributed by atoms with Crippen LogP contribution in [0.25, 0.3) is 10.8 Å². The Morgan fingerprint density at radius 2 is 1.80 bits per heavy atom. The molecule has 2 rings (SSSR count). The van der Waals surface area contributed by atoms with Gasteiger partial charge in [0.15, 0.2) is 24.7 Å². The lowest BCUT2D eigenvalue weighted by Gasteiger charge is -2.01. The van der Waals surface area contributed by atoms with Crippen LogP contribution in [0.5, 0.6) is 0 Å². The maximum atomic E-state index is 11.6. The molecular formula is C16H12N3O+. The first-order valence-corrected chi connectivity index (χ1v) is 6.08. The van der Waals surface area contributed by atoms with Crippen LogP contribution in [0.15, 0.2) is 53.9 Å². The van der Waals surface area contributed by atoms with Crippen LogP contribution in [0.3, 0.4) is 0 Å². The summed E-state index contributed by atoms with van der Waals surface area (Å²) in [5, 5.41) is 19.9. The molecule has 96 valence electrons. The first-order chi connectivity index (χ1) is 9.65.